The van der Waals surface area contributed by atoms with Crippen LogP contribution in [0.15, 0.2) is 28.7 Å². The van der Waals surface area contributed by atoms with Crippen molar-refractivity contribution in [1.29, 1.82) is 5.26 Å². The zero-order valence-electron chi connectivity index (χ0n) is 13.3. The van der Waals surface area contributed by atoms with Gasteiger partial charge in [0, 0.05) is 19.2 Å². The minimum Gasteiger partial charge on any atom is -0.419 e. The van der Waals surface area contributed by atoms with Crippen molar-refractivity contribution < 1.29 is 14.1 Å². The Hall–Kier alpha value is -2.92. The Morgan fingerprint density at radius 2 is 2.00 bits per heavy atom. The maximum atomic E-state index is 11.2. The van der Waals surface area contributed by atoms with Crippen LogP contribution in [0, 0.1) is 21.4 Å². The highest BCUT2D eigenvalue weighted by Crippen LogP contribution is 2.34. The van der Waals surface area contributed by atoms with Gasteiger partial charge in [0.2, 0.25) is 17.5 Å². The molecular weight excluding hydrogens is 312 g/mol. The summed E-state index contributed by atoms with van der Waals surface area (Å²) in [6.45, 7) is 5.00. The number of para-hydroxylation sites is 1. The molecule has 0 bridgehead atoms. The quantitative estimate of drug-likeness (QED) is 0.630. The van der Waals surface area contributed by atoms with Gasteiger partial charge >= 0.3 is 0 Å². The third-order valence-electron chi connectivity index (χ3n) is 3.75. The summed E-state index contributed by atoms with van der Waals surface area (Å²) in [5.41, 5.74) is 0.252. The Morgan fingerprint density at radius 3 is 2.62 bits per heavy atom. The molecule has 2 heterocycles. The monoisotopic (exact) mass is 328 g/mol. The lowest BCUT2D eigenvalue weighted by Crippen LogP contribution is -2.45. The van der Waals surface area contributed by atoms with Gasteiger partial charge in [-0.05, 0) is 19.9 Å². The number of nitrogens with zero attached hydrogens (tertiary/aromatic N) is 4. The van der Waals surface area contributed by atoms with Gasteiger partial charge in [0.1, 0.15) is 11.6 Å². The van der Waals surface area contributed by atoms with Crippen molar-refractivity contribution in [2.24, 2.45) is 0 Å². The average Bonchev–Trinajstić information content (AvgIpc) is 2.98. The summed E-state index contributed by atoms with van der Waals surface area (Å²) in [7, 11) is 0. The third kappa shape index (κ3) is 2.94. The fourth-order valence-electron chi connectivity index (χ4n) is 2.87. The van der Waals surface area contributed by atoms with Gasteiger partial charge in [0.05, 0.1) is 17.1 Å². The number of hydrogen-bond donors (Lipinski definition) is 0. The summed E-state index contributed by atoms with van der Waals surface area (Å²) in [6, 6.07) is 8.17. The van der Waals surface area contributed by atoms with Crippen LogP contribution in [-0.4, -0.2) is 35.2 Å². The normalized spacial score (nSPS) is 20.6. The number of benzene rings is 1. The van der Waals surface area contributed by atoms with Crippen LogP contribution in [-0.2, 0) is 4.74 Å². The number of ether oxygens (including phenoxy) is 1. The van der Waals surface area contributed by atoms with Gasteiger partial charge in [-0.15, -0.1) is 0 Å². The van der Waals surface area contributed by atoms with Crippen molar-refractivity contribution in [3.05, 3.63) is 40.1 Å². The smallest absolute Gasteiger partial charge is 0.282 e. The largest absolute Gasteiger partial charge is 0.419 e. The topological polar surface area (TPSA) is 105 Å². The molecule has 2 atom stereocenters. The van der Waals surface area contributed by atoms with Gasteiger partial charge in [-0.25, -0.2) is 0 Å². The zero-order valence-corrected chi connectivity index (χ0v) is 13.3. The van der Waals surface area contributed by atoms with Crippen molar-refractivity contribution in [1.82, 2.24) is 4.98 Å². The highest BCUT2D eigenvalue weighted by atomic mass is 16.6. The molecule has 0 aliphatic carbocycles. The van der Waals surface area contributed by atoms with E-state index in [0.717, 1.165) is 0 Å². The van der Waals surface area contributed by atoms with E-state index in [-0.39, 0.29) is 35.0 Å². The van der Waals surface area contributed by atoms with E-state index in [9.17, 15) is 15.4 Å². The molecule has 1 aromatic heterocycles. The van der Waals surface area contributed by atoms with E-state index in [1.54, 1.807) is 18.2 Å². The van der Waals surface area contributed by atoms with Crippen LogP contribution >= 0.6 is 0 Å². The van der Waals surface area contributed by atoms with Crippen LogP contribution in [0.1, 0.15) is 19.5 Å². The molecule has 8 nitrogen and oxygen atoms in total. The lowest BCUT2D eigenvalue weighted by molar-refractivity contribution is -0.384. The van der Waals surface area contributed by atoms with Gasteiger partial charge in [-0.1, -0.05) is 12.1 Å². The van der Waals surface area contributed by atoms with Crippen LogP contribution in [0.3, 0.4) is 0 Å². The zero-order chi connectivity index (χ0) is 17.3. The summed E-state index contributed by atoms with van der Waals surface area (Å²) >= 11 is 0. The van der Waals surface area contributed by atoms with Gasteiger partial charge in [-0.2, -0.15) is 10.2 Å². The number of nitro groups is 1. The number of aromatic nitrogens is 1. The summed E-state index contributed by atoms with van der Waals surface area (Å²) in [6.07, 6.45) is -0.0280. The molecule has 1 aromatic carbocycles. The Balaban J connectivity index is 2.03. The van der Waals surface area contributed by atoms with Crippen molar-refractivity contribution in [3.63, 3.8) is 0 Å². The number of rotatable bonds is 3. The molecular formula is C16H16N4O4. The molecule has 1 aliphatic rings. The van der Waals surface area contributed by atoms with Crippen LogP contribution in [0.5, 0.6) is 0 Å². The predicted molar refractivity (Wildman–Crippen MR) is 85.5 cm³/mol. The van der Waals surface area contributed by atoms with E-state index in [1.165, 1.54) is 6.07 Å². The number of morpholine rings is 1. The highest BCUT2D eigenvalue weighted by Gasteiger charge is 2.29. The van der Waals surface area contributed by atoms with Gasteiger partial charge < -0.3 is 14.1 Å². The first kappa shape index (κ1) is 16.0. The number of anilines is 1. The fourth-order valence-corrected chi connectivity index (χ4v) is 2.87. The summed E-state index contributed by atoms with van der Waals surface area (Å²) in [5, 5.41) is 20.5. The van der Waals surface area contributed by atoms with Crippen LogP contribution < -0.4 is 4.90 Å². The second-order valence-electron chi connectivity index (χ2n) is 5.72. The van der Waals surface area contributed by atoms with Crippen LogP contribution in [0.4, 0.5) is 11.6 Å². The van der Waals surface area contributed by atoms with Crippen LogP contribution in [0.25, 0.3) is 11.5 Å². The molecule has 3 rings (SSSR count). The number of oxazole rings is 1. The minimum atomic E-state index is -0.496. The first-order valence-electron chi connectivity index (χ1n) is 7.54. The first-order valence-corrected chi connectivity index (χ1v) is 7.54. The van der Waals surface area contributed by atoms with E-state index in [4.69, 9.17) is 9.15 Å². The Morgan fingerprint density at radius 1 is 1.33 bits per heavy atom. The van der Waals surface area contributed by atoms with Gasteiger partial charge in [0.25, 0.3) is 5.69 Å². The molecule has 24 heavy (non-hydrogen) atoms. The lowest BCUT2D eigenvalue weighted by atomic mass is 10.2. The number of nitro benzene ring substituents is 1. The lowest BCUT2D eigenvalue weighted by Gasteiger charge is -2.34. The van der Waals surface area contributed by atoms with Crippen molar-refractivity contribution in [2.45, 2.75) is 26.1 Å². The van der Waals surface area contributed by atoms with E-state index < -0.39 is 4.92 Å². The average molecular weight is 328 g/mol. The molecule has 2 aromatic rings. The summed E-state index contributed by atoms with van der Waals surface area (Å²) in [5.74, 6) is 0.397. The molecule has 0 unspecified atom stereocenters. The molecule has 0 spiro atoms. The number of hydrogen-bond acceptors (Lipinski definition) is 7. The van der Waals surface area contributed by atoms with Gasteiger partial charge in [-0.3, -0.25) is 10.1 Å². The van der Waals surface area contributed by atoms with E-state index in [1.807, 2.05) is 24.8 Å². The maximum absolute atomic E-state index is 11.2. The molecule has 0 saturated carbocycles. The van der Waals surface area contributed by atoms with E-state index >= 15 is 0 Å². The van der Waals surface area contributed by atoms with Crippen molar-refractivity contribution in [3.8, 4) is 17.5 Å². The Kier molecular flexibility index (Phi) is 4.18. The summed E-state index contributed by atoms with van der Waals surface area (Å²) < 4.78 is 11.4. The molecule has 1 aliphatic heterocycles. The molecule has 0 radical (unpaired) electrons. The third-order valence-corrected chi connectivity index (χ3v) is 3.75. The maximum Gasteiger partial charge on any atom is 0.282 e. The second-order valence-corrected chi connectivity index (χ2v) is 5.72. The number of nitriles is 1. The van der Waals surface area contributed by atoms with Gasteiger partial charge in [0.15, 0.2) is 0 Å². The molecule has 1 saturated heterocycles. The Bertz CT molecular complexity index is 801. The molecule has 0 N–H and O–H groups in total. The van der Waals surface area contributed by atoms with E-state index in [2.05, 4.69) is 4.98 Å². The van der Waals surface area contributed by atoms with E-state index in [0.29, 0.717) is 19.0 Å². The molecule has 1 fully saturated rings. The first-order chi connectivity index (χ1) is 11.5. The second kappa shape index (κ2) is 6.29. The fraction of sp³-hybridized carbons (Fsp3) is 0.375. The molecule has 124 valence electrons. The SMILES string of the molecule is C[C@H]1CN(c2oc(-c3ccccc3[N+](=O)[O-])nc2C#N)C[C@H](C)O1. The molecule has 0 amide bonds. The van der Waals surface area contributed by atoms with Crippen molar-refractivity contribution >= 4 is 11.6 Å². The highest BCUT2D eigenvalue weighted by molar-refractivity contribution is 5.69. The molecule has 8 heteroatoms. The predicted octanol–water partition coefficient (Wildman–Crippen LogP) is 2.74. The summed E-state index contributed by atoms with van der Waals surface area (Å²) in [4.78, 5) is 16.7. The van der Waals surface area contributed by atoms with Crippen molar-refractivity contribution in [2.75, 3.05) is 18.0 Å². The Labute approximate surface area is 138 Å². The standard InChI is InChI=1S/C16H16N4O4/c1-10-8-19(9-11(2)23-10)16-13(7-17)18-15(24-16)12-5-3-4-6-14(12)20(21)22/h3-6,10-11H,8-9H2,1-2H3/t10-,11-/m0/s1. The van der Waals surface area contributed by atoms with Crippen LogP contribution in [0.2, 0.25) is 0 Å². The minimum absolute atomic E-state index is 0.0140.